The van der Waals surface area contributed by atoms with E-state index in [1.165, 1.54) is 0 Å². The fourth-order valence-electron chi connectivity index (χ4n) is 2.82. The molecule has 0 aromatic heterocycles. The normalized spacial score (nSPS) is 13.6. The number of nitrogens with two attached hydrogens (primary N) is 1. The molecule has 8 nitrogen and oxygen atoms in total. The molecule has 0 spiro atoms. The highest BCUT2D eigenvalue weighted by Gasteiger charge is 2.18. The molecule has 146 valence electrons. The van der Waals surface area contributed by atoms with E-state index in [-0.39, 0.29) is 18.4 Å². The van der Waals surface area contributed by atoms with Crippen LogP contribution in [0.15, 0.2) is 48.5 Å². The Balaban J connectivity index is 1.52. The summed E-state index contributed by atoms with van der Waals surface area (Å²) in [6.45, 7) is 2.29. The van der Waals surface area contributed by atoms with Crippen LogP contribution >= 0.6 is 0 Å². The zero-order valence-electron chi connectivity index (χ0n) is 15.3. The molecule has 0 bridgehead atoms. The molecule has 0 radical (unpaired) electrons. The maximum atomic E-state index is 12.4. The lowest BCUT2D eigenvalue weighted by Crippen LogP contribution is -2.40. The van der Waals surface area contributed by atoms with Crippen LogP contribution in [-0.4, -0.2) is 55.5 Å². The van der Waals surface area contributed by atoms with Crippen molar-refractivity contribution in [1.29, 1.82) is 0 Å². The summed E-state index contributed by atoms with van der Waals surface area (Å²) in [6.07, 6.45) is 0. The lowest BCUT2D eigenvalue weighted by molar-refractivity contribution is -0.114. The molecule has 0 saturated carbocycles. The first-order valence-electron chi connectivity index (χ1n) is 8.93. The molecule has 4 N–H and O–H groups in total. The first kappa shape index (κ1) is 19.4. The van der Waals surface area contributed by atoms with Crippen molar-refractivity contribution in [3.8, 4) is 0 Å². The number of nitrogens with zero attached hydrogens (tertiary/aromatic N) is 1. The van der Waals surface area contributed by atoms with Gasteiger partial charge in [0.2, 0.25) is 11.8 Å². The first-order chi connectivity index (χ1) is 13.5. The third-order valence-electron chi connectivity index (χ3n) is 4.31. The molecule has 1 heterocycles. The van der Waals surface area contributed by atoms with Gasteiger partial charge in [0.25, 0.3) is 5.91 Å². The number of rotatable bonds is 6. The number of nitrogens with one attached hydrogen (secondary N) is 2. The Labute approximate surface area is 162 Å². The maximum Gasteiger partial charge on any atom is 0.254 e. The smallest absolute Gasteiger partial charge is 0.254 e. The Kier molecular flexibility index (Phi) is 6.23. The Hall–Kier alpha value is -3.39. The van der Waals surface area contributed by atoms with Crippen molar-refractivity contribution in [2.75, 3.05) is 43.5 Å². The monoisotopic (exact) mass is 382 g/mol. The molecule has 1 aliphatic rings. The van der Waals surface area contributed by atoms with Gasteiger partial charge < -0.3 is 26.0 Å². The largest absolute Gasteiger partial charge is 0.378 e. The molecular formula is C20H22N4O4. The van der Waals surface area contributed by atoms with E-state index in [9.17, 15) is 14.4 Å². The molecule has 8 heteroatoms. The zero-order chi connectivity index (χ0) is 19.9. The van der Waals surface area contributed by atoms with Gasteiger partial charge in [-0.25, -0.2) is 0 Å². The average molecular weight is 382 g/mol. The van der Waals surface area contributed by atoms with E-state index >= 15 is 0 Å². The summed E-state index contributed by atoms with van der Waals surface area (Å²) < 4.78 is 5.25. The van der Waals surface area contributed by atoms with Crippen molar-refractivity contribution in [1.82, 2.24) is 4.90 Å². The molecule has 2 aromatic carbocycles. The van der Waals surface area contributed by atoms with Gasteiger partial charge in [0, 0.05) is 35.6 Å². The predicted octanol–water partition coefficient (Wildman–Crippen LogP) is 1.31. The number of anilines is 2. The van der Waals surface area contributed by atoms with Gasteiger partial charge >= 0.3 is 0 Å². The van der Waals surface area contributed by atoms with E-state index in [2.05, 4.69) is 10.6 Å². The molecule has 1 saturated heterocycles. The number of amides is 3. The number of hydrogen-bond acceptors (Lipinski definition) is 5. The molecular weight excluding hydrogens is 360 g/mol. The van der Waals surface area contributed by atoms with Gasteiger partial charge in [-0.3, -0.25) is 14.4 Å². The first-order valence-corrected chi connectivity index (χ1v) is 8.93. The van der Waals surface area contributed by atoms with Gasteiger partial charge in [0.05, 0.1) is 19.8 Å². The topological polar surface area (TPSA) is 114 Å². The molecule has 0 atom stereocenters. The van der Waals surface area contributed by atoms with Crippen LogP contribution in [0.1, 0.15) is 20.7 Å². The van der Waals surface area contributed by atoms with Gasteiger partial charge in [-0.15, -0.1) is 0 Å². The Morgan fingerprint density at radius 2 is 1.68 bits per heavy atom. The van der Waals surface area contributed by atoms with E-state index in [0.29, 0.717) is 48.8 Å². The van der Waals surface area contributed by atoms with E-state index in [1.54, 1.807) is 53.4 Å². The summed E-state index contributed by atoms with van der Waals surface area (Å²) in [5, 5.41) is 5.70. The summed E-state index contributed by atoms with van der Waals surface area (Å²) >= 11 is 0. The lowest BCUT2D eigenvalue weighted by atomic mass is 10.1. The van der Waals surface area contributed by atoms with Crippen LogP contribution in [0.4, 0.5) is 11.4 Å². The second-order valence-electron chi connectivity index (χ2n) is 6.33. The number of primary amides is 1. The second-order valence-corrected chi connectivity index (χ2v) is 6.33. The Morgan fingerprint density at radius 1 is 0.964 bits per heavy atom. The molecule has 1 aliphatic heterocycles. The van der Waals surface area contributed by atoms with E-state index < -0.39 is 5.91 Å². The molecule has 3 amide bonds. The third-order valence-corrected chi connectivity index (χ3v) is 4.31. The molecule has 0 aliphatic carbocycles. The highest BCUT2D eigenvalue weighted by Crippen LogP contribution is 2.13. The molecule has 3 rings (SSSR count). The molecule has 28 heavy (non-hydrogen) atoms. The van der Waals surface area contributed by atoms with Crippen molar-refractivity contribution in [2.24, 2.45) is 5.73 Å². The van der Waals surface area contributed by atoms with Crippen LogP contribution in [0.25, 0.3) is 0 Å². The summed E-state index contributed by atoms with van der Waals surface area (Å²) in [4.78, 5) is 37.5. The van der Waals surface area contributed by atoms with E-state index in [4.69, 9.17) is 10.5 Å². The number of ether oxygens (including phenoxy) is 1. The van der Waals surface area contributed by atoms with Crippen LogP contribution in [0.3, 0.4) is 0 Å². The van der Waals surface area contributed by atoms with E-state index in [0.717, 1.165) is 0 Å². The zero-order valence-corrected chi connectivity index (χ0v) is 15.3. The molecule has 2 aromatic rings. The molecule has 1 fully saturated rings. The summed E-state index contributed by atoms with van der Waals surface area (Å²) in [5.74, 6) is -0.825. The SMILES string of the molecule is NC(=O)c1cccc(NCC(=O)Nc2ccc(C(=O)N3CCOCC3)cc2)c1. The van der Waals surface area contributed by atoms with Gasteiger partial charge in [0.15, 0.2) is 0 Å². The van der Waals surface area contributed by atoms with Crippen LogP contribution in [0.5, 0.6) is 0 Å². The third kappa shape index (κ3) is 5.08. The van der Waals surface area contributed by atoms with Crippen LogP contribution in [0, 0.1) is 0 Å². The number of carbonyl (C=O) groups excluding carboxylic acids is 3. The van der Waals surface area contributed by atoms with Crippen molar-refractivity contribution in [2.45, 2.75) is 0 Å². The maximum absolute atomic E-state index is 12.4. The quantitative estimate of drug-likeness (QED) is 0.697. The summed E-state index contributed by atoms with van der Waals surface area (Å²) in [6, 6.07) is 13.4. The standard InChI is InChI=1S/C20H22N4O4/c21-19(26)15-2-1-3-17(12-15)22-13-18(25)23-16-6-4-14(5-7-16)20(27)24-8-10-28-11-9-24/h1-7,12,22H,8-11,13H2,(H2,21,26)(H,23,25). The number of morpholine rings is 1. The minimum Gasteiger partial charge on any atom is -0.378 e. The fourth-order valence-corrected chi connectivity index (χ4v) is 2.82. The average Bonchev–Trinajstić information content (AvgIpc) is 2.73. The van der Waals surface area contributed by atoms with Crippen LogP contribution < -0.4 is 16.4 Å². The van der Waals surface area contributed by atoms with Crippen molar-refractivity contribution in [3.63, 3.8) is 0 Å². The lowest BCUT2D eigenvalue weighted by Gasteiger charge is -2.26. The van der Waals surface area contributed by atoms with Gasteiger partial charge in [-0.1, -0.05) is 6.07 Å². The minimum atomic E-state index is -0.528. The predicted molar refractivity (Wildman–Crippen MR) is 105 cm³/mol. The van der Waals surface area contributed by atoms with E-state index in [1.807, 2.05) is 0 Å². The minimum absolute atomic E-state index is 0.0245. The van der Waals surface area contributed by atoms with Crippen molar-refractivity contribution >= 4 is 29.1 Å². The van der Waals surface area contributed by atoms with Crippen molar-refractivity contribution in [3.05, 3.63) is 59.7 Å². The molecule has 0 unspecified atom stereocenters. The number of hydrogen-bond donors (Lipinski definition) is 3. The highest BCUT2D eigenvalue weighted by atomic mass is 16.5. The second kappa shape index (κ2) is 9.01. The van der Waals surface area contributed by atoms with Crippen molar-refractivity contribution < 1.29 is 19.1 Å². The number of carbonyl (C=O) groups is 3. The summed E-state index contributed by atoms with van der Waals surface area (Å²) in [7, 11) is 0. The van der Waals surface area contributed by atoms with Crippen LogP contribution in [0.2, 0.25) is 0 Å². The summed E-state index contributed by atoms with van der Waals surface area (Å²) in [5.41, 5.74) is 7.40. The van der Waals surface area contributed by atoms with Gasteiger partial charge in [-0.2, -0.15) is 0 Å². The number of benzene rings is 2. The van der Waals surface area contributed by atoms with Gasteiger partial charge in [-0.05, 0) is 42.5 Å². The van der Waals surface area contributed by atoms with Crippen LogP contribution in [-0.2, 0) is 9.53 Å². The Bertz CT molecular complexity index is 861. The highest BCUT2D eigenvalue weighted by molar-refractivity contribution is 5.97. The van der Waals surface area contributed by atoms with Gasteiger partial charge in [0.1, 0.15) is 0 Å². The fraction of sp³-hybridized carbons (Fsp3) is 0.250. The Morgan fingerprint density at radius 3 is 2.36 bits per heavy atom.